The number of anilines is 1. The summed E-state index contributed by atoms with van der Waals surface area (Å²) in [6.45, 7) is 6.89. The molecule has 2 amide bonds. The number of benzene rings is 3. The number of nitrogens with one attached hydrogen (secondary N) is 4. The van der Waals surface area contributed by atoms with Gasteiger partial charge < -0.3 is 21.1 Å². The highest BCUT2D eigenvalue weighted by molar-refractivity contribution is 8.00. The molecule has 13 heteroatoms. The van der Waals surface area contributed by atoms with Gasteiger partial charge in [-0.15, -0.1) is 11.8 Å². The van der Waals surface area contributed by atoms with Gasteiger partial charge in [0.1, 0.15) is 5.82 Å². The number of hydrogen-bond donors (Lipinski definition) is 5. The summed E-state index contributed by atoms with van der Waals surface area (Å²) in [5, 5.41) is 23.2. The average Bonchev–Trinajstić information content (AvgIpc) is 3.51. The fourth-order valence-electron chi connectivity index (χ4n) is 5.21. The van der Waals surface area contributed by atoms with Gasteiger partial charge in [-0.2, -0.15) is 4.31 Å². The molecule has 0 saturated heterocycles. The lowest BCUT2D eigenvalue weighted by Gasteiger charge is -2.31. The minimum atomic E-state index is -3.98. The predicted molar refractivity (Wildman–Crippen MR) is 183 cm³/mol. The topological polar surface area (TPSA) is 140 Å². The molecule has 3 aromatic carbocycles. The summed E-state index contributed by atoms with van der Waals surface area (Å²) in [5.74, 6) is -0.724. The number of carbonyl (C=O) groups is 2. The van der Waals surface area contributed by atoms with Crippen LogP contribution in [0.3, 0.4) is 0 Å². The van der Waals surface area contributed by atoms with Gasteiger partial charge in [0, 0.05) is 29.2 Å². The van der Waals surface area contributed by atoms with E-state index in [4.69, 9.17) is 0 Å². The molecule has 1 heterocycles. The second-order valence-corrected chi connectivity index (χ2v) is 15.5. The Morgan fingerprint density at radius 2 is 1.74 bits per heavy atom. The molecule has 1 aliphatic heterocycles. The van der Waals surface area contributed by atoms with Gasteiger partial charge in [0.15, 0.2) is 0 Å². The fourth-order valence-corrected chi connectivity index (χ4v) is 7.83. The molecular weight excluding hydrogens is 642 g/mol. The zero-order valence-electron chi connectivity index (χ0n) is 27.1. The van der Waals surface area contributed by atoms with E-state index in [0.29, 0.717) is 11.4 Å². The number of thioether (sulfide) groups is 1. The molecule has 1 aliphatic rings. The Bertz CT molecular complexity index is 1640. The van der Waals surface area contributed by atoms with Crippen LogP contribution in [0.15, 0.2) is 82.6 Å². The number of aliphatic hydroxyl groups excluding tert-OH is 1. The number of aliphatic hydroxyl groups is 1. The second kappa shape index (κ2) is 16.1. The van der Waals surface area contributed by atoms with Gasteiger partial charge in [0.05, 0.1) is 36.0 Å². The molecule has 0 aromatic heterocycles. The molecule has 0 bridgehead atoms. The van der Waals surface area contributed by atoms with Crippen LogP contribution < -0.4 is 21.3 Å². The van der Waals surface area contributed by atoms with Gasteiger partial charge in [0.25, 0.3) is 0 Å². The van der Waals surface area contributed by atoms with Crippen molar-refractivity contribution in [1.29, 1.82) is 0 Å². The lowest BCUT2D eigenvalue weighted by Crippen LogP contribution is -2.53. The Kier molecular flexibility index (Phi) is 12.4. The highest BCUT2D eigenvalue weighted by Gasteiger charge is 2.32. The summed E-state index contributed by atoms with van der Waals surface area (Å²) < 4.78 is 42.7. The van der Waals surface area contributed by atoms with Gasteiger partial charge in [-0.1, -0.05) is 56.3 Å². The van der Waals surface area contributed by atoms with Crippen molar-refractivity contribution < 1.29 is 27.5 Å². The van der Waals surface area contributed by atoms with Crippen molar-refractivity contribution in [1.82, 2.24) is 20.3 Å². The summed E-state index contributed by atoms with van der Waals surface area (Å²) >= 11 is 1.52. The Morgan fingerprint density at radius 3 is 2.45 bits per heavy atom. The van der Waals surface area contributed by atoms with Gasteiger partial charge in [-0.25, -0.2) is 12.8 Å². The number of amides is 2. The largest absolute Gasteiger partial charge is 0.390 e. The van der Waals surface area contributed by atoms with Crippen molar-refractivity contribution in [3.63, 3.8) is 0 Å². The van der Waals surface area contributed by atoms with Crippen LogP contribution in [0.4, 0.5) is 10.1 Å². The van der Waals surface area contributed by atoms with Gasteiger partial charge >= 0.3 is 0 Å². The van der Waals surface area contributed by atoms with E-state index >= 15 is 0 Å². The predicted octanol–water partition coefficient (Wildman–Crippen LogP) is 3.68. The highest BCUT2D eigenvalue weighted by Crippen LogP contribution is 2.36. The Morgan fingerprint density at radius 1 is 1.00 bits per heavy atom. The standard InChI is InChI=1S/C34H44FN5O5S2/c1-23(2)20-40(47(44,45)27-13-14-28-31(17-27)46-22-37-28)21-30(41)29(15-24-9-6-5-7-10-24)39-33(43)18-36-32(42)19-38-34(3,4)25-11-8-12-26(35)16-25/h5-14,16-17,23,29-30,37-38,41H,15,18-22H2,1-4H3,(H,36,42)(H,39,43)/t29-,30+/m0/s1. The van der Waals surface area contributed by atoms with Crippen molar-refractivity contribution >= 4 is 39.3 Å². The number of nitrogens with zero attached hydrogens (tertiary/aromatic N) is 1. The van der Waals surface area contributed by atoms with E-state index in [-0.39, 0.29) is 49.2 Å². The van der Waals surface area contributed by atoms with Crippen LogP contribution in [0.25, 0.3) is 0 Å². The van der Waals surface area contributed by atoms with Crippen molar-refractivity contribution in [2.75, 3.05) is 37.4 Å². The van der Waals surface area contributed by atoms with E-state index in [9.17, 15) is 27.5 Å². The van der Waals surface area contributed by atoms with E-state index in [1.165, 1.54) is 28.2 Å². The zero-order valence-corrected chi connectivity index (χ0v) is 28.8. The van der Waals surface area contributed by atoms with E-state index in [1.54, 1.807) is 30.3 Å². The number of hydrogen-bond acceptors (Lipinski definition) is 8. The van der Waals surface area contributed by atoms with Crippen LogP contribution in [0.1, 0.15) is 38.8 Å². The quantitative estimate of drug-likeness (QED) is 0.154. The lowest BCUT2D eigenvalue weighted by atomic mass is 9.94. The van der Waals surface area contributed by atoms with Crippen LogP contribution in [0.2, 0.25) is 0 Å². The first-order valence-corrected chi connectivity index (χ1v) is 18.0. The number of halogens is 1. The Balaban J connectivity index is 1.42. The molecule has 3 aromatic rings. The number of sulfonamides is 1. The summed E-state index contributed by atoms with van der Waals surface area (Å²) in [4.78, 5) is 26.7. The summed E-state index contributed by atoms with van der Waals surface area (Å²) in [5.41, 5.74) is 1.69. The van der Waals surface area contributed by atoms with Crippen LogP contribution in [-0.2, 0) is 31.6 Å². The lowest BCUT2D eigenvalue weighted by molar-refractivity contribution is -0.126. The molecule has 0 fully saturated rings. The van der Waals surface area contributed by atoms with E-state index in [0.717, 1.165) is 16.1 Å². The highest BCUT2D eigenvalue weighted by atomic mass is 32.2. The zero-order chi connectivity index (χ0) is 34.2. The maximum absolute atomic E-state index is 13.8. The van der Waals surface area contributed by atoms with Crippen LogP contribution in [0, 0.1) is 11.7 Å². The molecule has 254 valence electrons. The Labute approximate surface area is 281 Å². The first-order chi connectivity index (χ1) is 22.2. The maximum Gasteiger partial charge on any atom is 0.243 e. The van der Waals surface area contributed by atoms with Crippen LogP contribution in [0.5, 0.6) is 0 Å². The number of fused-ring (bicyclic) bond motifs is 1. The molecule has 2 atom stereocenters. The van der Waals surface area contributed by atoms with Gasteiger partial charge in [-0.3, -0.25) is 14.9 Å². The summed E-state index contributed by atoms with van der Waals surface area (Å²) in [6.07, 6.45) is -1.02. The van der Waals surface area contributed by atoms with Crippen molar-refractivity contribution in [3.8, 4) is 0 Å². The molecule has 5 N–H and O–H groups in total. The number of rotatable bonds is 16. The molecule has 0 spiro atoms. The average molecular weight is 686 g/mol. The van der Waals surface area contributed by atoms with Crippen molar-refractivity contribution in [3.05, 3.63) is 89.7 Å². The third kappa shape index (κ3) is 10.2. The molecular formula is C34H44FN5O5S2. The first kappa shape index (κ1) is 36.3. The summed E-state index contributed by atoms with van der Waals surface area (Å²) in [6, 6.07) is 19.5. The fraction of sp³-hybridized carbons (Fsp3) is 0.412. The monoisotopic (exact) mass is 685 g/mol. The van der Waals surface area contributed by atoms with Crippen molar-refractivity contribution in [2.24, 2.45) is 5.92 Å². The summed E-state index contributed by atoms with van der Waals surface area (Å²) in [7, 11) is -3.98. The van der Waals surface area contributed by atoms with Gasteiger partial charge in [-0.05, 0) is 67.6 Å². The molecule has 4 rings (SSSR count). The number of carbonyl (C=O) groups excluding carboxylic acids is 2. The normalized spacial score (nSPS) is 14.4. The first-order valence-electron chi connectivity index (χ1n) is 15.5. The molecule has 0 aliphatic carbocycles. The SMILES string of the molecule is CC(C)CN(C[C@@H](O)[C@H](Cc1ccccc1)NC(=O)CNC(=O)CNC(C)(C)c1cccc(F)c1)S(=O)(=O)c1ccc2c(c1)SCN2. The van der Waals surface area contributed by atoms with E-state index < -0.39 is 39.5 Å². The van der Waals surface area contributed by atoms with E-state index in [1.807, 2.05) is 58.0 Å². The molecule has 10 nitrogen and oxygen atoms in total. The molecule has 0 unspecified atom stereocenters. The Hall–Kier alpha value is -3.49. The third-order valence-electron chi connectivity index (χ3n) is 7.83. The smallest absolute Gasteiger partial charge is 0.243 e. The minimum absolute atomic E-state index is 0.0284. The van der Waals surface area contributed by atoms with Crippen molar-refractivity contribution in [2.45, 2.75) is 61.6 Å². The minimum Gasteiger partial charge on any atom is -0.390 e. The molecule has 0 saturated carbocycles. The third-order valence-corrected chi connectivity index (χ3v) is 10.6. The second-order valence-electron chi connectivity index (χ2n) is 12.5. The maximum atomic E-state index is 13.8. The van der Waals surface area contributed by atoms with Gasteiger partial charge in [0.2, 0.25) is 21.8 Å². The van der Waals surface area contributed by atoms with E-state index in [2.05, 4.69) is 21.3 Å². The van der Waals surface area contributed by atoms with Crippen LogP contribution in [-0.4, -0.2) is 73.8 Å². The van der Waals surface area contributed by atoms with Crippen LogP contribution >= 0.6 is 11.8 Å². The molecule has 0 radical (unpaired) electrons. The molecule has 47 heavy (non-hydrogen) atoms.